The highest BCUT2D eigenvalue weighted by atomic mass is 32.1. The SMILES string of the molecule is N#Cc1nnn(-c2nccs2)c1-c1cccs1. The Bertz CT molecular complexity index is 660. The van der Waals surface area contributed by atoms with Crippen molar-refractivity contribution in [2.24, 2.45) is 0 Å². The molecule has 0 saturated heterocycles. The normalized spacial score (nSPS) is 10.3. The summed E-state index contributed by atoms with van der Waals surface area (Å²) in [6.45, 7) is 0. The lowest BCUT2D eigenvalue weighted by atomic mass is 10.3. The van der Waals surface area contributed by atoms with Crippen LogP contribution in [0.15, 0.2) is 29.1 Å². The van der Waals surface area contributed by atoms with Crippen molar-refractivity contribution in [2.75, 3.05) is 0 Å². The van der Waals surface area contributed by atoms with Crippen LogP contribution in [0.1, 0.15) is 5.69 Å². The van der Waals surface area contributed by atoms with Crippen LogP contribution < -0.4 is 0 Å². The Morgan fingerprint density at radius 3 is 2.88 bits per heavy atom. The zero-order chi connectivity index (χ0) is 11.7. The molecule has 0 aromatic carbocycles. The summed E-state index contributed by atoms with van der Waals surface area (Å²) in [6, 6.07) is 5.92. The minimum atomic E-state index is 0.322. The summed E-state index contributed by atoms with van der Waals surface area (Å²) in [5.41, 5.74) is 1.03. The lowest BCUT2D eigenvalue weighted by Gasteiger charge is -1.99. The van der Waals surface area contributed by atoms with Gasteiger partial charge in [0.25, 0.3) is 0 Å². The van der Waals surface area contributed by atoms with Gasteiger partial charge in [0.1, 0.15) is 11.8 Å². The molecule has 0 atom stereocenters. The van der Waals surface area contributed by atoms with E-state index >= 15 is 0 Å². The molecule has 0 N–H and O–H groups in total. The molecule has 0 aliphatic carbocycles. The summed E-state index contributed by atoms with van der Waals surface area (Å²) in [7, 11) is 0. The highest BCUT2D eigenvalue weighted by Gasteiger charge is 2.17. The molecule has 7 heteroatoms. The van der Waals surface area contributed by atoms with Crippen molar-refractivity contribution >= 4 is 22.7 Å². The second-order valence-corrected chi connectivity index (χ2v) is 4.92. The van der Waals surface area contributed by atoms with E-state index in [4.69, 9.17) is 5.26 Å². The van der Waals surface area contributed by atoms with Gasteiger partial charge in [0.05, 0.1) is 4.88 Å². The Morgan fingerprint density at radius 1 is 1.29 bits per heavy atom. The van der Waals surface area contributed by atoms with E-state index in [9.17, 15) is 0 Å². The minimum absolute atomic E-state index is 0.322. The van der Waals surface area contributed by atoms with E-state index in [1.807, 2.05) is 22.9 Å². The number of hydrogen-bond donors (Lipinski definition) is 0. The lowest BCUT2D eigenvalue weighted by Crippen LogP contribution is -1.97. The van der Waals surface area contributed by atoms with Gasteiger partial charge in [-0.3, -0.25) is 0 Å². The maximum absolute atomic E-state index is 9.05. The van der Waals surface area contributed by atoms with E-state index in [0.717, 1.165) is 4.88 Å². The summed E-state index contributed by atoms with van der Waals surface area (Å²) in [5, 5.41) is 21.4. The zero-order valence-corrected chi connectivity index (χ0v) is 10.1. The Morgan fingerprint density at radius 2 is 2.24 bits per heavy atom. The van der Waals surface area contributed by atoms with Gasteiger partial charge in [-0.05, 0) is 11.4 Å². The van der Waals surface area contributed by atoms with Crippen molar-refractivity contribution in [3.63, 3.8) is 0 Å². The Balaban J connectivity index is 2.25. The van der Waals surface area contributed by atoms with E-state index in [-0.39, 0.29) is 0 Å². The largest absolute Gasteiger partial charge is 0.227 e. The summed E-state index contributed by atoms with van der Waals surface area (Å²) < 4.78 is 1.61. The molecule has 0 bridgehead atoms. The third-order valence-corrected chi connectivity index (χ3v) is 3.75. The number of aromatic nitrogens is 4. The number of nitrogens with zero attached hydrogens (tertiary/aromatic N) is 5. The Kier molecular flexibility index (Phi) is 2.44. The third-order valence-electron chi connectivity index (χ3n) is 2.13. The van der Waals surface area contributed by atoms with E-state index in [0.29, 0.717) is 16.5 Å². The van der Waals surface area contributed by atoms with Crippen molar-refractivity contribution < 1.29 is 0 Å². The molecule has 3 aromatic rings. The molecule has 0 aliphatic heterocycles. The molecule has 0 unspecified atom stereocenters. The molecule has 0 saturated carbocycles. The van der Waals surface area contributed by atoms with Gasteiger partial charge in [0.2, 0.25) is 5.13 Å². The van der Waals surface area contributed by atoms with Crippen LogP contribution in [0.5, 0.6) is 0 Å². The van der Waals surface area contributed by atoms with E-state index in [1.165, 1.54) is 11.3 Å². The number of nitriles is 1. The van der Waals surface area contributed by atoms with Crippen molar-refractivity contribution in [3.8, 4) is 21.8 Å². The van der Waals surface area contributed by atoms with Crippen LogP contribution >= 0.6 is 22.7 Å². The Labute approximate surface area is 105 Å². The summed E-state index contributed by atoms with van der Waals surface area (Å²) >= 11 is 3.00. The summed E-state index contributed by atoms with van der Waals surface area (Å²) in [6.07, 6.45) is 1.70. The molecule has 0 spiro atoms. The zero-order valence-electron chi connectivity index (χ0n) is 8.44. The Hall–Kier alpha value is -2.04. The molecule has 0 aliphatic rings. The second kappa shape index (κ2) is 4.08. The predicted octanol–water partition coefficient (Wildman–Crippen LogP) is 2.32. The van der Waals surface area contributed by atoms with Crippen molar-refractivity contribution in [2.45, 2.75) is 0 Å². The van der Waals surface area contributed by atoms with Crippen molar-refractivity contribution in [3.05, 3.63) is 34.8 Å². The number of thiophene rings is 1. The van der Waals surface area contributed by atoms with Gasteiger partial charge >= 0.3 is 0 Å². The first-order valence-electron chi connectivity index (χ1n) is 4.69. The van der Waals surface area contributed by atoms with Gasteiger partial charge in [0.15, 0.2) is 5.69 Å². The van der Waals surface area contributed by atoms with Gasteiger partial charge < -0.3 is 0 Å². The fraction of sp³-hybridized carbons (Fsp3) is 0. The van der Waals surface area contributed by atoms with Crippen LogP contribution in [0.4, 0.5) is 0 Å². The van der Waals surface area contributed by atoms with Gasteiger partial charge in [-0.25, -0.2) is 4.98 Å². The standard InChI is InChI=1S/C10H5N5S2/c11-6-7-9(8-2-1-4-16-8)15(14-13-7)10-12-3-5-17-10/h1-5H. The molecular formula is C10H5N5S2. The first-order chi connectivity index (χ1) is 8.40. The van der Waals surface area contributed by atoms with Gasteiger partial charge in [0, 0.05) is 11.6 Å². The molecule has 0 amide bonds. The molecule has 3 aromatic heterocycles. The average Bonchev–Trinajstić information content (AvgIpc) is 3.09. The predicted molar refractivity (Wildman–Crippen MR) is 65.1 cm³/mol. The smallest absolute Gasteiger partial charge is 0.212 e. The number of rotatable bonds is 2. The second-order valence-electron chi connectivity index (χ2n) is 3.10. The van der Waals surface area contributed by atoms with Gasteiger partial charge in [-0.15, -0.1) is 27.8 Å². The van der Waals surface area contributed by atoms with Crippen LogP contribution in [-0.4, -0.2) is 20.0 Å². The molecule has 0 radical (unpaired) electrons. The monoisotopic (exact) mass is 259 g/mol. The van der Waals surface area contributed by atoms with Crippen molar-refractivity contribution in [1.29, 1.82) is 5.26 Å². The molecular weight excluding hydrogens is 254 g/mol. The van der Waals surface area contributed by atoms with Crippen LogP contribution in [-0.2, 0) is 0 Å². The molecule has 3 rings (SSSR count). The topological polar surface area (TPSA) is 67.4 Å². The average molecular weight is 259 g/mol. The molecule has 17 heavy (non-hydrogen) atoms. The quantitative estimate of drug-likeness (QED) is 0.708. The molecule has 3 heterocycles. The van der Waals surface area contributed by atoms with Gasteiger partial charge in [-0.2, -0.15) is 9.94 Å². The first kappa shape index (κ1) is 10.1. The van der Waals surface area contributed by atoms with Crippen LogP contribution in [0.2, 0.25) is 0 Å². The molecule has 5 nitrogen and oxygen atoms in total. The fourth-order valence-electron chi connectivity index (χ4n) is 1.45. The lowest BCUT2D eigenvalue weighted by molar-refractivity contribution is 0.801. The molecule has 82 valence electrons. The van der Waals surface area contributed by atoms with Crippen LogP contribution in [0, 0.1) is 11.3 Å². The van der Waals surface area contributed by atoms with Crippen LogP contribution in [0.3, 0.4) is 0 Å². The fourth-order valence-corrected chi connectivity index (χ4v) is 2.79. The number of thiazole rings is 1. The van der Waals surface area contributed by atoms with E-state index in [2.05, 4.69) is 21.4 Å². The molecule has 0 fully saturated rings. The highest BCUT2D eigenvalue weighted by molar-refractivity contribution is 7.13. The van der Waals surface area contributed by atoms with Gasteiger partial charge in [-0.1, -0.05) is 11.3 Å². The maximum atomic E-state index is 9.05. The maximum Gasteiger partial charge on any atom is 0.212 e. The third kappa shape index (κ3) is 1.63. The summed E-state index contributed by atoms with van der Waals surface area (Å²) in [5.74, 6) is 0. The summed E-state index contributed by atoms with van der Waals surface area (Å²) in [4.78, 5) is 5.14. The highest BCUT2D eigenvalue weighted by Crippen LogP contribution is 2.29. The minimum Gasteiger partial charge on any atom is -0.227 e. The van der Waals surface area contributed by atoms with Crippen molar-refractivity contribution in [1.82, 2.24) is 20.0 Å². The van der Waals surface area contributed by atoms with E-state index in [1.54, 1.807) is 22.2 Å². The number of hydrogen-bond acceptors (Lipinski definition) is 6. The van der Waals surface area contributed by atoms with E-state index < -0.39 is 0 Å². The van der Waals surface area contributed by atoms with Crippen LogP contribution in [0.25, 0.3) is 15.7 Å². The first-order valence-corrected chi connectivity index (χ1v) is 6.45.